The fourth-order valence-electron chi connectivity index (χ4n) is 5.74. The molecule has 0 saturated carbocycles. The molecule has 0 bridgehead atoms. The summed E-state index contributed by atoms with van der Waals surface area (Å²) < 4.78 is 16.6. The first kappa shape index (κ1) is 33.0. The first-order valence-electron chi connectivity index (χ1n) is 16.4. The van der Waals surface area contributed by atoms with Crippen molar-refractivity contribution >= 4 is 27.9 Å². The van der Waals surface area contributed by atoms with Gasteiger partial charge in [-0.15, -0.1) is 0 Å². The predicted octanol–water partition coefficient (Wildman–Crippen LogP) is 10.1. The third-order valence-corrected chi connectivity index (χ3v) is 8.25. The van der Waals surface area contributed by atoms with Crippen molar-refractivity contribution in [2.75, 3.05) is 0 Å². The highest BCUT2D eigenvalue weighted by Crippen LogP contribution is 2.31. The van der Waals surface area contributed by atoms with Gasteiger partial charge < -0.3 is 13.6 Å². The number of allylic oxidation sites excluding steroid dienone is 2. The van der Waals surface area contributed by atoms with Crippen LogP contribution in [-0.4, -0.2) is 5.97 Å². The molecule has 0 spiro atoms. The molecule has 0 unspecified atom stereocenters. The van der Waals surface area contributed by atoms with Crippen molar-refractivity contribution in [1.82, 2.24) is 0 Å². The molecule has 0 atom stereocenters. The first-order chi connectivity index (χ1) is 21.4. The van der Waals surface area contributed by atoms with E-state index in [1.165, 1.54) is 63.9 Å². The Bertz CT molecular complexity index is 1690. The van der Waals surface area contributed by atoms with E-state index in [1.807, 2.05) is 26.0 Å². The predicted molar refractivity (Wildman–Crippen MR) is 179 cm³/mol. The van der Waals surface area contributed by atoms with Crippen molar-refractivity contribution in [2.24, 2.45) is 0 Å². The molecule has 0 saturated heterocycles. The zero-order valence-electron chi connectivity index (χ0n) is 26.5. The number of carbonyl (C=O) groups is 1. The molecule has 6 heteroatoms. The molecule has 2 aromatic heterocycles. The third-order valence-electron chi connectivity index (χ3n) is 8.25. The normalized spacial score (nSPS) is 11.6. The highest BCUT2D eigenvalue weighted by atomic mass is 16.5. The quantitative estimate of drug-likeness (QED) is 0.0395. The van der Waals surface area contributed by atoms with Gasteiger partial charge in [-0.1, -0.05) is 82.6 Å². The molecule has 0 amide bonds. The maximum atomic E-state index is 13.1. The molecule has 234 valence electrons. The van der Waals surface area contributed by atoms with Crippen molar-refractivity contribution in [3.63, 3.8) is 0 Å². The highest BCUT2D eigenvalue weighted by molar-refractivity contribution is 5.91. The van der Waals surface area contributed by atoms with Crippen LogP contribution in [-0.2, 0) is 4.79 Å². The summed E-state index contributed by atoms with van der Waals surface area (Å²) in [6.07, 6.45) is 20.7. The second kappa shape index (κ2) is 16.8. The minimum Gasteiger partial charge on any atom is -0.426 e. The monoisotopic (exact) mass is 598 g/mol. The number of benzene rings is 2. The molecule has 44 heavy (non-hydrogen) atoms. The van der Waals surface area contributed by atoms with Crippen LogP contribution in [0.2, 0.25) is 0 Å². The fourth-order valence-corrected chi connectivity index (χ4v) is 5.74. The van der Waals surface area contributed by atoms with Crippen molar-refractivity contribution in [1.29, 1.82) is 0 Å². The van der Waals surface area contributed by atoms with Crippen LogP contribution in [0.3, 0.4) is 0 Å². The average molecular weight is 599 g/mol. The van der Waals surface area contributed by atoms with Crippen LogP contribution < -0.4 is 16.0 Å². The van der Waals surface area contributed by atoms with Crippen molar-refractivity contribution in [2.45, 2.75) is 111 Å². The Morgan fingerprint density at radius 1 is 0.727 bits per heavy atom. The van der Waals surface area contributed by atoms with Crippen molar-refractivity contribution in [3.05, 3.63) is 86.6 Å². The second-order valence-corrected chi connectivity index (χ2v) is 11.8. The van der Waals surface area contributed by atoms with Gasteiger partial charge in [-0.2, -0.15) is 0 Å². The van der Waals surface area contributed by atoms with Crippen molar-refractivity contribution < 1.29 is 18.4 Å². The standard InChI is InChI=1S/C38H46O6/c1-4-5-6-7-8-9-10-11-12-13-14-15-16-17-18-19-35(39)42-30-21-23-32-28(3)37(38(41)44-34(32)26-30)29-20-22-31-27(2)24-36(40)43-33(31)25-29/h11-12,20-26H,4-10,13-19H2,1-3H3. The molecular formula is C38H46O6. The number of fused-ring (bicyclic) bond motifs is 2. The largest absolute Gasteiger partial charge is 0.426 e. The van der Waals surface area contributed by atoms with Gasteiger partial charge in [0.1, 0.15) is 16.9 Å². The number of unbranched alkanes of at least 4 members (excludes halogenated alkanes) is 11. The van der Waals surface area contributed by atoms with Gasteiger partial charge in [0, 0.05) is 29.3 Å². The zero-order chi connectivity index (χ0) is 31.3. The van der Waals surface area contributed by atoms with E-state index >= 15 is 0 Å². The lowest BCUT2D eigenvalue weighted by Crippen LogP contribution is -2.09. The molecule has 0 N–H and O–H groups in total. The van der Waals surface area contributed by atoms with Crippen LogP contribution in [0, 0.1) is 13.8 Å². The van der Waals surface area contributed by atoms with E-state index in [1.54, 1.807) is 24.3 Å². The summed E-state index contributed by atoms with van der Waals surface area (Å²) in [6.45, 7) is 5.95. The fraction of sp³-hybridized carbons (Fsp3) is 0.447. The number of ether oxygens (including phenoxy) is 1. The lowest BCUT2D eigenvalue weighted by Gasteiger charge is -2.10. The van der Waals surface area contributed by atoms with Gasteiger partial charge in [0.2, 0.25) is 0 Å². The minimum atomic E-state index is -0.513. The van der Waals surface area contributed by atoms with E-state index in [0.717, 1.165) is 47.6 Å². The Morgan fingerprint density at radius 2 is 1.36 bits per heavy atom. The molecule has 2 aromatic carbocycles. The number of esters is 1. The molecular weight excluding hydrogens is 552 g/mol. The highest BCUT2D eigenvalue weighted by Gasteiger charge is 2.16. The van der Waals surface area contributed by atoms with E-state index in [0.29, 0.717) is 34.5 Å². The smallest absolute Gasteiger partial charge is 0.344 e. The van der Waals surface area contributed by atoms with Crippen LogP contribution >= 0.6 is 0 Å². The van der Waals surface area contributed by atoms with Crippen LogP contribution in [0.1, 0.15) is 108 Å². The summed E-state index contributed by atoms with van der Waals surface area (Å²) in [4.78, 5) is 37.4. The number of hydrogen-bond acceptors (Lipinski definition) is 6. The van der Waals surface area contributed by atoms with E-state index in [4.69, 9.17) is 13.6 Å². The topological polar surface area (TPSA) is 86.7 Å². The summed E-state index contributed by atoms with van der Waals surface area (Å²) >= 11 is 0. The van der Waals surface area contributed by atoms with Crippen molar-refractivity contribution in [3.8, 4) is 16.9 Å². The first-order valence-corrected chi connectivity index (χ1v) is 16.4. The van der Waals surface area contributed by atoms with E-state index < -0.39 is 11.3 Å². The maximum Gasteiger partial charge on any atom is 0.344 e. The Balaban J connectivity index is 1.22. The lowest BCUT2D eigenvalue weighted by atomic mass is 9.98. The van der Waals surface area contributed by atoms with Gasteiger partial charge in [0.15, 0.2) is 0 Å². The third kappa shape index (κ3) is 9.28. The van der Waals surface area contributed by atoms with E-state index in [2.05, 4.69) is 19.1 Å². The number of aryl methyl sites for hydroxylation is 2. The molecule has 6 nitrogen and oxygen atoms in total. The molecule has 0 aliphatic rings. The SMILES string of the molecule is CCCCCCCCC=CCCCCCCCC(=O)Oc1ccc2c(C)c(-c3ccc4c(C)cc(=O)oc4c3)c(=O)oc2c1. The molecule has 0 radical (unpaired) electrons. The molecule has 4 rings (SSSR count). The van der Waals surface area contributed by atoms with Gasteiger partial charge in [-0.05, 0) is 80.8 Å². The summed E-state index contributed by atoms with van der Waals surface area (Å²) in [5.74, 6) is 0.0686. The van der Waals surface area contributed by atoms with Gasteiger partial charge in [-0.25, -0.2) is 9.59 Å². The van der Waals surface area contributed by atoms with E-state index in [-0.39, 0.29) is 5.97 Å². The molecule has 0 aliphatic carbocycles. The van der Waals surface area contributed by atoms with Crippen LogP contribution in [0.5, 0.6) is 5.75 Å². The summed E-state index contributed by atoms with van der Waals surface area (Å²) in [6, 6.07) is 11.9. The van der Waals surface area contributed by atoms with Gasteiger partial charge in [0.05, 0.1) is 5.56 Å². The molecule has 4 aromatic rings. The summed E-state index contributed by atoms with van der Waals surface area (Å²) in [5.41, 5.74) is 2.37. The Morgan fingerprint density at radius 3 is 2.09 bits per heavy atom. The van der Waals surface area contributed by atoms with Crippen LogP contribution in [0.25, 0.3) is 33.1 Å². The van der Waals surface area contributed by atoms with Gasteiger partial charge >= 0.3 is 17.2 Å². The second-order valence-electron chi connectivity index (χ2n) is 11.8. The number of hydrogen-bond donors (Lipinski definition) is 0. The Hall–Kier alpha value is -3.93. The molecule has 2 heterocycles. The molecule has 0 aliphatic heterocycles. The van der Waals surface area contributed by atoms with Crippen LogP contribution in [0.15, 0.2) is 73.0 Å². The maximum absolute atomic E-state index is 13.1. The van der Waals surface area contributed by atoms with E-state index in [9.17, 15) is 14.4 Å². The van der Waals surface area contributed by atoms with Gasteiger partial charge in [0.25, 0.3) is 0 Å². The zero-order valence-corrected chi connectivity index (χ0v) is 26.5. The summed E-state index contributed by atoms with van der Waals surface area (Å²) in [5, 5.41) is 1.55. The number of rotatable bonds is 17. The average Bonchev–Trinajstić information content (AvgIpc) is 2.98. The summed E-state index contributed by atoms with van der Waals surface area (Å²) in [7, 11) is 0. The number of carbonyl (C=O) groups excluding carboxylic acids is 1. The van der Waals surface area contributed by atoms with Gasteiger partial charge in [-0.3, -0.25) is 4.79 Å². The Kier molecular flexibility index (Phi) is 12.6. The minimum absolute atomic E-state index is 0.286. The lowest BCUT2D eigenvalue weighted by molar-refractivity contribution is -0.134. The van der Waals surface area contributed by atoms with Crippen LogP contribution in [0.4, 0.5) is 0 Å². The Labute approximate surface area is 260 Å². The molecule has 0 fully saturated rings.